The molecule has 0 aliphatic carbocycles. The van der Waals surface area contributed by atoms with Crippen molar-refractivity contribution in [3.8, 4) is 0 Å². The smallest absolute Gasteiger partial charge is 0.416 e. The second-order valence-corrected chi connectivity index (χ2v) is 8.04. The fourth-order valence-corrected chi connectivity index (χ4v) is 3.27. The number of carbonyl (C=O) groups excluding carboxylic acids is 1. The maximum Gasteiger partial charge on any atom is 0.416 e. The number of rotatable bonds is 6. The Bertz CT molecular complexity index is 1010. The first-order valence-corrected chi connectivity index (χ1v) is 10.2. The van der Waals surface area contributed by atoms with Crippen LogP contribution in [0.2, 0.25) is 5.02 Å². The van der Waals surface area contributed by atoms with Gasteiger partial charge in [0.05, 0.1) is 28.4 Å². The predicted molar refractivity (Wildman–Crippen MR) is 107 cm³/mol. The average molecular weight is 507 g/mol. The van der Waals surface area contributed by atoms with Crippen LogP contribution in [0.15, 0.2) is 56.6 Å². The molecule has 0 saturated carbocycles. The first-order chi connectivity index (χ1) is 13.7. The van der Waals surface area contributed by atoms with Crippen molar-refractivity contribution in [3.63, 3.8) is 0 Å². The molecule has 0 saturated heterocycles. The summed E-state index contributed by atoms with van der Waals surface area (Å²) in [5, 5.41) is 10.3. The van der Waals surface area contributed by atoms with Crippen LogP contribution < -0.4 is 5.32 Å². The lowest BCUT2D eigenvalue weighted by atomic mass is 10.2. The normalized spacial score (nSPS) is 11.5. The Morgan fingerprint density at radius 2 is 1.90 bits per heavy atom. The van der Waals surface area contributed by atoms with Gasteiger partial charge >= 0.3 is 6.18 Å². The Hall–Kier alpha value is -2.04. The second-order valence-electron chi connectivity index (χ2n) is 5.79. The zero-order valence-electron chi connectivity index (χ0n) is 14.5. The van der Waals surface area contributed by atoms with Crippen LogP contribution in [0.4, 0.5) is 18.9 Å². The zero-order chi connectivity index (χ0) is 21.0. The van der Waals surface area contributed by atoms with E-state index >= 15 is 0 Å². The number of amides is 1. The van der Waals surface area contributed by atoms with E-state index in [0.717, 1.165) is 40.0 Å². The van der Waals surface area contributed by atoms with E-state index in [4.69, 9.17) is 16.0 Å². The summed E-state index contributed by atoms with van der Waals surface area (Å²) in [6, 6.07) is 10.3. The minimum Gasteiger partial charge on any atom is -0.416 e. The minimum absolute atomic E-state index is 0.00549. The molecule has 0 fully saturated rings. The van der Waals surface area contributed by atoms with E-state index in [1.54, 1.807) is 0 Å². The highest BCUT2D eigenvalue weighted by Crippen LogP contribution is 2.34. The quantitative estimate of drug-likeness (QED) is 0.426. The third kappa shape index (κ3) is 6.22. The number of nitrogens with one attached hydrogen (secondary N) is 1. The Morgan fingerprint density at radius 1 is 1.17 bits per heavy atom. The molecular formula is C18H12BrClF3N3O2S. The molecular weight excluding hydrogens is 495 g/mol. The fraction of sp³-hybridized carbons (Fsp3) is 0.167. The van der Waals surface area contributed by atoms with Crippen molar-refractivity contribution in [1.29, 1.82) is 0 Å². The summed E-state index contributed by atoms with van der Waals surface area (Å²) in [6.45, 7) is 0. The lowest BCUT2D eigenvalue weighted by molar-refractivity contribution is -0.137. The monoisotopic (exact) mass is 505 g/mol. The molecule has 0 aliphatic heterocycles. The van der Waals surface area contributed by atoms with Gasteiger partial charge in [0, 0.05) is 4.47 Å². The Balaban J connectivity index is 1.56. The topological polar surface area (TPSA) is 68.0 Å². The van der Waals surface area contributed by atoms with Crippen LogP contribution in [0.25, 0.3) is 0 Å². The van der Waals surface area contributed by atoms with Gasteiger partial charge in [-0.05, 0) is 35.9 Å². The van der Waals surface area contributed by atoms with Gasteiger partial charge in [-0.25, -0.2) is 0 Å². The highest BCUT2D eigenvalue weighted by molar-refractivity contribution is 9.10. The van der Waals surface area contributed by atoms with Crippen molar-refractivity contribution in [2.24, 2.45) is 0 Å². The third-order valence-electron chi connectivity index (χ3n) is 3.61. The molecule has 2 aromatic carbocycles. The second kappa shape index (κ2) is 9.19. The summed E-state index contributed by atoms with van der Waals surface area (Å²) < 4.78 is 44.8. The van der Waals surface area contributed by atoms with Gasteiger partial charge in [0.1, 0.15) is 0 Å². The van der Waals surface area contributed by atoms with E-state index in [1.165, 1.54) is 0 Å². The number of carbonyl (C=O) groups is 1. The van der Waals surface area contributed by atoms with Crippen molar-refractivity contribution in [2.45, 2.75) is 17.8 Å². The van der Waals surface area contributed by atoms with E-state index in [2.05, 4.69) is 31.4 Å². The third-order valence-corrected chi connectivity index (χ3v) is 5.29. The Morgan fingerprint density at radius 3 is 2.59 bits per heavy atom. The number of nitrogens with zero attached hydrogens (tertiary/aromatic N) is 2. The average Bonchev–Trinajstić information content (AvgIpc) is 3.10. The molecule has 0 bridgehead atoms. The number of thioether (sulfide) groups is 1. The minimum atomic E-state index is -4.53. The van der Waals surface area contributed by atoms with Crippen LogP contribution >= 0.6 is 39.3 Å². The first-order valence-electron chi connectivity index (χ1n) is 8.07. The molecule has 5 nitrogen and oxygen atoms in total. The van der Waals surface area contributed by atoms with E-state index in [0.29, 0.717) is 12.3 Å². The number of halogens is 5. The van der Waals surface area contributed by atoms with Crippen molar-refractivity contribution >= 4 is 50.9 Å². The van der Waals surface area contributed by atoms with Crippen LogP contribution in [0.1, 0.15) is 17.0 Å². The largest absolute Gasteiger partial charge is 0.416 e. The molecule has 0 aliphatic rings. The van der Waals surface area contributed by atoms with Crippen molar-refractivity contribution in [3.05, 3.63) is 69.0 Å². The van der Waals surface area contributed by atoms with Gasteiger partial charge in [0.2, 0.25) is 11.8 Å². The van der Waals surface area contributed by atoms with Gasteiger partial charge in [-0.1, -0.05) is 51.4 Å². The maximum atomic E-state index is 12.8. The van der Waals surface area contributed by atoms with Crippen LogP contribution in [0.3, 0.4) is 0 Å². The van der Waals surface area contributed by atoms with E-state index < -0.39 is 17.6 Å². The molecule has 152 valence electrons. The van der Waals surface area contributed by atoms with Gasteiger partial charge in [-0.2, -0.15) is 13.2 Å². The van der Waals surface area contributed by atoms with Crippen molar-refractivity contribution < 1.29 is 22.4 Å². The van der Waals surface area contributed by atoms with Gasteiger partial charge < -0.3 is 9.73 Å². The molecule has 0 spiro atoms. The van der Waals surface area contributed by atoms with Crippen LogP contribution in [-0.4, -0.2) is 21.9 Å². The molecule has 0 atom stereocenters. The van der Waals surface area contributed by atoms with Gasteiger partial charge in [-0.15, -0.1) is 10.2 Å². The van der Waals surface area contributed by atoms with E-state index in [-0.39, 0.29) is 21.7 Å². The zero-order valence-corrected chi connectivity index (χ0v) is 17.6. The molecule has 3 aromatic rings. The summed E-state index contributed by atoms with van der Waals surface area (Å²) >= 11 is 10.2. The summed E-state index contributed by atoms with van der Waals surface area (Å²) in [7, 11) is 0. The molecule has 1 heterocycles. The SMILES string of the molecule is O=C(CSc1nnc(Cc2ccc(Br)cc2)o1)Nc1cc(C(F)(F)F)ccc1Cl. The number of anilines is 1. The molecule has 29 heavy (non-hydrogen) atoms. The van der Waals surface area contributed by atoms with Crippen molar-refractivity contribution in [2.75, 3.05) is 11.1 Å². The molecule has 1 N–H and O–H groups in total. The van der Waals surface area contributed by atoms with Crippen LogP contribution in [0, 0.1) is 0 Å². The molecule has 1 aromatic heterocycles. The van der Waals surface area contributed by atoms with Gasteiger partial charge in [-0.3, -0.25) is 4.79 Å². The summed E-state index contributed by atoms with van der Waals surface area (Å²) in [5.74, 6) is -0.299. The first kappa shape index (κ1) is 21.7. The van der Waals surface area contributed by atoms with Crippen LogP contribution in [0.5, 0.6) is 0 Å². The Kier molecular flexibility index (Phi) is 6.86. The summed E-state index contributed by atoms with van der Waals surface area (Å²) in [6.07, 6.45) is -4.10. The number of hydrogen-bond donors (Lipinski definition) is 1. The molecule has 3 rings (SSSR count). The standard InChI is InChI=1S/C18H12BrClF3N3O2S/c19-12-4-1-10(2-5-12)7-16-25-26-17(28-16)29-9-15(27)24-14-8-11(18(21,22)23)3-6-13(14)20/h1-6,8H,7,9H2,(H,24,27). The van der Waals surface area contributed by atoms with Gasteiger partial charge in [0.15, 0.2) is 0 Å². The van der Waals surface area contributed by atoms with E-state index in [9.17, 15) is 18.0 Å². The molecule has 11 heteroatoms. The van der Waals surface area contributed by atoms with E-state index in [1.807, 2.05) is 24.3 Å². The number of aromatic nitrogens is 2. The highest BCUT2D eigenvalue weighted by atomic mass is 79.9. The fourth-order valence-electron chi connectivity index (χ4n) is 2.26. The van der Waals surface area contributed by atoms with Crippen molar-refractivity contribution in [1.82, 2.24) is 10.2 Å². The highest BCUT2D eigenvalue weighted by Gasteiger charge is 2.31. The lowest BCUT2D eigenvalue weighted by Crippen LogP contribution is -2.15. The lowest BCUT2D eigenvalue weighted by Gasteiger charge is -2.11. The summed E-state index contributed by atoms with van der Waals surface area (Å²) in [4.78, 5) is 12.1. The number of alkyl halides is 3. The summed E-state index contributed by atoms with van der Waals surface area (Å²) in [5.41, 5.74) is -0.0433. The van der Waals surface area contributed by atoms with Gasteiger partial charge in [0.25, 0.3) is 5.22 Å². The number of benzene rings is 2. The molecule has 1 amide bonds. The maximum absolute atomic E-state index is 12.8. The number of hydrogen-bond acceptors (Lipinski definition) is 5. The Labute approximate surface area is 181 Å². The molecule has 0 unspecified atom stereocenters. The molecule has 0 radical (unpaired) electrons. The van der Waals surface area contributed by atoms with Crippen LogP contribution in [-0.2, 0) is 17.4 Å². The predicted octanol–water partition coefficient (Wildman–Crippen LogP) is 5.83.